The first-order chi connectivity index (χ1) is 17.8. The van der Waals surface area contributed by atoms with Crippen LogP contribution in [0.25, 0.3) is 16.9 Å². The lowest BCUT2D eigenvalue weighted by atomic mass is 10.0. The summed E-state index contributed by atoms with van der Waals surface area (Å²) in [6.45, 7) is 5.92. The summed E-state index contributed by atoms with van der Waals surface area (Å²) >= 11 is 0. The highest BCUT2D eigenvalue weighted by Gasteiger charge is 2.28. The van der Waals surface area contributed by atoms with Gasteiger partial charge in [0.2, 0.25) is 0 Å². The molecule has 0 spiro atoms. The first kappa shape index (κ1) is 25.7. The van der Waals surface area contributed by atoms with Crippen molar-refractivity contribution in [1.29, 1.82) is 0 Å². The molecule has 0 atom stereocenters. The Balaban J connectivity index is 1.59. The summed E-state index contributed by atoms with van der Waals surface area (Å²) in [6.07, 6.45) is 1.63. The molecule has 1 heterocycles. The molecule has 37 heavy (non-hydrogen) atoms. The average Bonchev–Trinajstić information content (AvgIpc) is 3.36. The van der Waals surface area contributed by atoms with Crippen LogP contribution in [0.5, 0.6) is 5.75 Å². The average molecular weight is 498 g/mol. The number of carbonyl (C=O) groups is 2. The summed E-state index contributed by atoms with van der Waals surface area (Å²) in [6, 6.07) is 26.5. The number of carbonyl (C=O) groups excluding carboxylic acids is 2. The van der Waals surface area contributed by atoms with Crippen molar-refractivity contribution in [1.82, 2.24) is 14.7 Å². The number of esters is 1. The van der Waals surface area contributed by atoms with Crippen molar-refractivity contribution in [2.45, 2.75) is 32.9 Å². The van der Waals surface area contributed by atoms with Gasteiger partial charge < -0.3 is 14.4 Å². The lowest BCUT2D eigenvalue weighted by Gasteiger charge is -2.35. The molecule has 0 aliphatic carbocycles. The standard InChI is InChI=1S/C30H31N3O4/c1-30(2,3)32(19-22-12-7-5-8-13-22)27(34)21-37-29(35)26-20-33(24-15-9-6-10-16-24)31-28(26)23-14-11-17-25(18-23)36-4/h5-18,20H,19,21H2,1-4H3. The van der Waals surface area contributed by atoms with E-state index in [0.29, 0.717) is 23.6 Å². The summed E-state index contributed by atoms with van der Waals surface area (Å²) in [4.78, 5) is 28.2. The number of ether oxygens (including phenoxy) is 2. The second kappa shape index (κ2) is 11.1. The monoisotopic (exact) mass is 497 g/mol. The summed E-state index contributed by atoms with van der Waals surface area (Å²) in [5, 5.41) is 4.67. The van der Waals surface area contributed by atoms with E-state index in [2.05, 4.69) is 5.10 Å². The topological polar surface area (TPSA) is 73.7 Å². The van der Waals surface area contributed by atoms with Crippen LogP contribution in [0.4, 0.5) is 0 Å². The Bertz CT molecular complexity index is 1360. The number of hydrogen-bond acceptors (Lipinski definition) is 5. The predicted octanol–water partition coefficient (Wildman–Crippen LogP) is 5.53. The molecule has 0 unspecified atom stereocenters. The van der Waals surface area contributed by atoms with Crippen LogP contribution in [-0.2, 0) is 16.1 Å². The second-order valence-electron chi connectivity index (χ2n) is 9.62. The molecule has 1 amide bonds. The Hall–Kier alpha value is -4.39. The minimum Gasteiger partial charge on any atom is -0.497 e. The van der Waals surface area contributed by atoms with Crippen LogP contribution in [0.1, 0.15) is 36.7 Å². The fourth-order valence-electron chi connectivity index (χ4n) is 3.97. The van der Waals surface area contributed by atoms with Crippen molar-refractivity contribution in [3.63, 3.8) is 0 Å². The first-order valence-electron chi connectivity index (χ1n) is 12.1. The summed E-state index contributed by atoms with van der Waals surface area (Å²) in [5.74, 6) is -0.256. The number of amides is 1. The summed E-state index contributed by atoms with van der Waals surface area (Å²) in [7, 11) is 1.58. The minimum absolute atomic E-state index is 0.260. The van der Waals surface area contributed by atoms with Crippen molar-refractivity contribution in [3.05, 3.63) is 102 Å². The molecule has 3 aromatic carbocycles. The van der Waals surface area contributed by atoms with Crippen molar-refractivity contribution in [2.75, 3.05) is 13.7 Å². The largest absolute Gasteiger partial charge is 0.497 e. The summed E-state index contributed by atoms with van der Waals surface area (Å²) < 4.78 is 12.5. The van der Waals surface area contributed by atoms with Crippen LogP contribution in [0.15, 0.2) is 91.1 Å². The molecule has 7 nitrogen and oxygen atoms in total. The summed E-state index contributed by atoms with van der Waals surface area (Å²) in [5.41, 5.74) is 2.74. The third kappa shape index (κ3) is 6.25. The highest BCUT2D eigenvalue weighted by Crippen LogP contribution is 2.28. The molecule has 0 bridgehead atoms. The van der Waals surface area contributed by atoms with Crippen molar-refractivity contribution >= 4 is 11.9 Å². The zero-order valence-electron chi connectivity index (χ0n) is 21.5. The number of methoxy groups -OCH3 is 1. The number of aromatic nitrogens is 2. The van der Waals surface area contributed by atoms with Crippen LogP contribution >= 0.6 is 0 Å². The quantitative estimate of drug-likeness (QED) is 0.299. The Morgan fingerprint density at radius 1 is 0.919 bits per heavy atom. The van der Waals surface area contributed by atoms with E-state index in [1.54, 1.807) is 29.0 Å². The van der Waals surface area contributed by atoms with Crippen LogP contribution in [-0.4, -0.2) is 45.8 Å². The molecule has 0 aliphatic heterocycles. The van der Waals surface area contributed by atoms with Crippen molar-refractivity contribution < 1.29 is 19.1 Å². The van der Waals surface area contributed by atoms with Crippen molar-refractivity contribution in [2.24, 2.45) is 0 Å². The van der Waals surface area contributed by atoms with Gasteiger partial charge in [-0.3, -0.25) is 4.79 Å². The number of benzene rings is 3. The third-order valence-electron chi connectivity index (χ3n) is 5.92. The van der Waals surface area contributed by atoms with E-state index in [0.717, 1.165) is 11.3 Å². The maximum Gasteiger partial charge on any atom is 0.342 e. The smallest absolute Gasteiger partial charge is 0.342 e. The number of hydrogen-bond donors (Lipinski definition) is 0. The van der Waals surface area contributed by atoms with Crippen LogP contribution < -0.4 is 4.74 Å². The first-order valence-corrected chi connectivity index (χ1v) is 12.1. The Kier molecular flexibility index (Phi) is 7.72. The number of nitrogens with zero attached hydrogens (tertiary/aromatic N) is 3. The molecule has 0 saturated heterocycles. The molecule has 0 fully saturated rings. The van der Waals surface area contributed by atoms with E-state index >= 15 is 0 Å². The highest BCUT2D eigenvalue weighted by molar-refractivity contribution is 5.97. The minimum atomic E-state index is -0.623. The van der Waals surface area contributed by atoms with Gasteiger partial charge in [0.05, 0.1) is 12.8 Å². The fraction of sp³-hybridized carbons (Fsp3) is 0.233. The Morgan fingerprint density at radius 2 is 1.59 bits per heavy atom. The van der Waals surface area contributed by atoms with Crippen LogP contribution in [0.2, 0.25) is 0 Å². The molecule has 1 aromatic heterocycles. The lowest BCUT2D eigenvalue weighted by Crippen LogP contribution is -2.46. The van der Waals surface area contributed by atoms with Gasteiger partial charge in [0, 0.05) is 23.8 Å². The molecule has 4 aromatic rings. The molecule has 0 N–H and O–H groups in total. The lowest BCUT2D eigenvalue weighted by molar-refractivity contribution is -0.140. The van der Waals surface area contributed by atoms with Crippen LogP contribution in [0, 0.1) is 0 Å². The van der Waals surface area contributed by atoms with E-state index < -0.39 is 11.5 Å². The van der Waals surface area contributed by atoms with Gasteiger partial charge >= 0.3 is 5.97 Å². The molecule has 0 saturated carbocycles. The molecule has 4 rings (SSSR count). The Morgan fingerprint density at radius 3 is 2.24 bits per heavy atom. The zero-order chi connectivity index (χ0) is 26.4. The maximum atomic E-state index is 13.3. The van der Waals surface area contributed by atoms with E-state index in [4.69, 9.17) is 9.47 Å². The van der Waals surface area contributed by atoms with Gasteiger partial charge in [-0.1, -0.05) is 60.7 Å². The van der Waals surface area contributed by atoms with Gasteiger partial charge in [-0.15, -0.1) is 0 Å². The van der Waals surface area contributed by atoms with E-state index in [9.17, 15) is 9.59 Å². The SMILES string of the molecule is COc1cccc(-c2nn(-c3ccccc3)cc2C(=O)OCC(=O)N(Cc2ccccc2)C(C)(C)C)c1. The zero-order valence-corrected chi connectivity index (χ0v) is 21.5. The third-order valence-corrected chi connectivity index (χ3v) is 5.92. The van der Waals surface area contributed by atoms with Gasteiger partial charge in [-0.2, -0.15) is 5.10 Å². The molecule has 7 heteroatoms. The number of rotatable bonds is 8. The predicted molar refractivity (Wildman–Crippen MR) is 143 cm³/mol. The molecular formula is C30H31N3O4. The maximum absolute atomic E-state index is 13.3. The van der Waals surface area contributed by atoms with Gasteiger partial charge in [0.1, 0.15) is 17.0 Å². The normalized spacial score (nSPS) is 11.1. The van der Waals surface area contributed by atoms with Crippen LogP contribution in [0.3, 0.4) is 0 Å². The molecule has 190 valence electrons. The molecule has 0 radical (unpaired) electrons. The van der Waals surface area contributed by atoms with Gasteiger partial charge in [-0.05, 0) is 50.6 Å². The van der Waals surface area contributed by atoms with E-state index in [1.165, 1.54) is 0 Å². The molecule has 0 aliphatic rings. The Labute approximate surface area is 217 Å². The molecular weight excluding hydrogens is 466 g/mol. The van der Waals surface area contributed by atoms with Gasteiger partial charge in [0.25, 0.3) is 5.91 Å². The second-order valence-corrected chi connectivity index (χ2v) is 9.62. The number of para-hydroxylation sites is 1. The van der Waals surface area contributed by atoms with Gasteiger partial charge in [-0.25, -0.2) is 9.48 Å². The highest BCUT2D eigenvalue weighted by atomic mass is 16.5. The van der Waals surface area contributed by atoms with E-state index in [1.807, 2.05) is 99.6 Å². The van der Waals surface area contributed by atoms with E-state index in [-0.39, 0.29) is 18.1 Å². The van der Waals surface area contributed by atoms with Crippen molar-refractivity contribution in [3.8, 4) is 22.7 Å². The fourth-order valence-corrected chi connectivity index (χ4v) is 3.97. The van der Waals surface area contributed by atoms with Gasteiger partial charge in [0.15, 0.2) is 6.61 Å².